The summed E-state index contributed by atoms with van der Waals surface area (Å²) in [4.78, 5) is 0. The zero-order chi connectivity index (χ0) is 22.3. The first-order valence-electron chi connectivity index (χ1n) is 10.5. The van der Waals surface area contributed by atoms with Crippen LogP contribution in [0.5, 0.6) is 0 Å². The second-order valence-electron chi connectivity index (χ2n) is 9.45. The minimum Gasteiger partial charge on any atom is -0.346 e. The Morgan fingerprint density at radius 1 is 1.16 bits per heavy atom. The highest BCUT2D eigenvalue weighted by Crippen LogP contribution is 2.38. The van der Waals surface area contributed by atoms with E-state index in [0.29, 0.717) is 27.4 Å². The largest absolute Gasteiger partial charge is 0.346 e. The zero-order valence-corrected chi connectivity index (χ0v) is 20.3. The lowest BCUT2D eigenvalue weighted by Gasteiger charge is -2.17. The molecule has 0 aliphatic heterocycles. The monoisotopic (exact) mass is 480 g/mol. The van der Waals surface area contributed by atoms with Crippen molar-refractivity contribution in [3.05, 3.63) is 58.0 Å². The normalized spacial score (nSPS) is 15.5. The molecular weight excluding hydrogens is 454 g/mol. The number of hydrogen-bond acceptors (Lipinski definition) is 1. The molecule has 0 radical (unpaired) electrons. The summed E-state index contributed by atoms with van der Waals surface area (Å²) in [6, 6.07) is 8.71. The van der Waals surface area contributed by atoms with Gasteiger partial charge in [-0.15, -0.1) is 0 Å². The highest BCUT2D eigenvalue weighted by molar-refractivity contribution is 7.84. The molecule has 31 heavy (non-hydrogen) atoms. The number of hydrogen-bond donors (Lipinski definition) is 1. The summed E-state index contributed by atoms with van der Waals surface area (Å²) in [6.07, 6.45) is 5.21. The van der Waals surface area contributed by atoms with E-state index in [4.69, 9.17) is 23.2 Å². The van der Waals surface area contributed by atoms with Gasteiger partial charge < -0.3 is 4.57 Å². The predicted molar refractivity (Wildman–Crippen MR) is 130 cm³/mol. The number of benzene rings is 2. The van der Waals surface area contributed by atoms with Crippen LogP contribution < -0.4 is 4.72 Å². The first-order chi connectivity index (χ1) is 14.6. The van der Waals surface area contributed by atoms with Crippen LogP contribution in [0.15, 0.2) is 36.5 Å². The maximum Gasteiger partial charge on any atom is 0.126 e. The third kappa shape index (κ3) is 5.33. The molecule has 1 N–H and O–H groups in total. The van der Waals surface area contributed by atoms with Gasteiger partial charge >= 0.3 is 0 Å². The smallest absolute Gasteiger partial charge is 0.126 e. The Kier molecular flexibility index (Phi) is 6.51. The van der Waals surface area contributed by atoms with Gasteiger partial charge in [-0.05, 0) is 60.1 Å². The van der Waals surface area contributed by atoms with Crippen LogP contribution in [-0.4, -0.2) is 20.6 Å². The second kappa shape index (κ2) is 8.86. The van der Waals surface area contributed by atoms with E-state index in [-0.39, 0.29) is 5.41 Å². The van der Waals surface area contributed by atoms with Gasteiger partial charge in [0.25, 0.3) is 0 Å². The van der Waals surface area contributed by atoms with Gasteiger partial charge in [-0.25, -0.2) is 13.3 Å². The van der Waals surface area contributed by atoms with Crippen LogP contribution in [0.2, 0.25) is 10.0 Å². The molecule has 3 aromatic rings. The third-order valence-electron chi connectivity index (χ3n) is 5.40. The summed E-state index contributed by atoms with van der Waals surface area (Å²) >= 11 is 12.7. The van der Waals surface area contributed by atoms with Gasteiger partial charge in [0.2, 0.25) is 0 Å². The molecule has 2 aromatic carbocycles. The van der Waals surface area contributed by atoms with Crippen LogP contribution in [0.3, 0.4) is 0 Å². The quantitative estimate of drug-likeness (QED) is 0.398. The van der Waals surface area contributed by atoms with Crippen LogP contribution >= 0.6 is 23.2 Å². The standard InChI is InChI=1S/C24H27Cl2FN2OS/c1-24(2,3)13-16-14-29(9-8-28-31(30)18-5-6-18)22-7-4-15(10-19(16)22)23-20(25)11-17(27)12-21(23)26/h4,7,10-12,14,18,28H,5-6,8-9,13H2,1-3H3. The topological polar surface area (TPSA) is 34.0 Å². The van der Waals surface area contributed by atoms with Crippen molar-refractivity contribution in [2.24, 2.45) is 5.41 Å². The number of rotatable bonds is 7. The molecule has 1 aliphatic rings. The average molecular weight is 481 g/mol. The molecule has 1 unspecified atom stereocenters. The van der Waals surface area contributed by atoms with Crippen LogP contribution in [0.4, 0.5) is 4.39 Å². The predicted octanol–water partition coefficient (Wildman–Crippen LogP) is 6.76. The maximum absolute atomic E-state index is 13.7. The lowest BCUT2D eigenvalue weighted by Crippen LogP contribution is -2.24. The van der Waals surface area contributed by atoms with Gasteiger partial charge in [0, 0.05) is 41.0 Å². The molecule has 0 saturated heterocycles. The average Bonchev–Trinajstić information content (AvgIpc) is 3.45. The van der Waals surface area contributed by atoms with E-state index in [9.17, 15) is 8.60 Å². The Bertz CT molecular complexity index is 1130. The van der Waals surface area contributed by atoms with Crippen LogP contribution in [0, 0.1) is 11.2 Å². The molecule has 4 rings (SSSR count). The fourth-order valence-corrected chi connectivity index (χ4v) is 5.68. The van der Waals surface area contributed by atoms with Gasteiger partial charge in [-0.3, -0.25) is 0 Å². The Morgan fingerprint density at radius 3 is 2.45 bits per heavy atom. The van der Waals surface area contributed by atoms with E-state index >= 15 is 0 Å². The molecule has 1 aliphatic carbocycles. The molecule has 0 spiro atoms. The lowest BCUT2D eigenvalue weighted by atomic mass is 9.87. The van der Waals surface area contributed by atoms with Gasteiger partial charge in [0.1, 0.15) is 5.82 Å². The van der Waals surface area contributed by atoms with E-state index < -0.39 is 16.8 Å². The van der Waals surface area contributed by atoms with E-state index in [1.807, 2.05) is 6.07 Å². The van der Waals surface area contributed by atoms with Crippen molar-refractivity contribution in [1.29, 1.82) is 0 Å². The fourth-order valence-electron chi connectivity index (χ4n) is 3.91. The Morgan fingerprint density at radius 2 is 1.84 bits per heavy atom. The molecular formula is C24H27Cl2FN2OS. The molecule has 1 fully saturated rings. The maximum atomic E-state index is 13.7. The van der Waals surface area contributed by atoms with Crippen molar-refractivity contribution >= 4 is 45.1 Å². The summed E-state index contributed by atoms with van der Waals surface area (Å²) in [6.45, 7) is 8.03. The molecule has 1 aromatic heterocycles. The number of nitrogens with one attached hydrogen (secondary N) is 1. The van der Waals surface area contributed by atoms with Crippen LogP contribution in [0.25, 0.3) is 22.0 Å². The molecule has 0 bridgehead atoms. The van der Waals surface area contributed by atoms with Crippen molar-refractivity contribution < 1.29 is 8.60 Å². The minimum atomic E-state index is -0.936. The van der Waals surface area contributed by atoms with Gasteiger partial charge in [0.05, 0.1) is 21.0 Å². The number of halogens is 3. The zero-order valence-electron chi connectivity index (χ0n) is 18.0. The summed E-state index contributed by atoms with van der Waals surface area (Å²) in [5, 5.41) is 2.05. The Labute approximate surface area is 195 Å². The molecule has 1 atom stereocenters. The SMILES string of the molecule is CC(C)(C)Cc1cn(CCNS(=O)C2CC2)c2ccc(-c3c(Cl)cc(F)cc3Cl)cc12. The Hall–Kier alpha value is -1.40. The van der Waals surface area contributed by atoms with E-state index in [0.717, 1.165) is 42.3 Å². The van der Waals surface area contributed by atoms with Gasteiger partial charge in [0.15, 0.2) is 0 Å². The molecule has 1 heterocycles. The molecule has 1 saturated carbocycles. The van der Waals surface area contributed by atoms with Crippen LogP contribution in [-0.2, 0) is 24.0 Å². The van der Waals surface area contributed by atoms with E-state index in [1.54, 1.807) is 0 Å². The minimum absolute atomic E-state index is 0.117. The summed E-state index contributed by atoms with van der Waals surface area (Å²) in [7, 11) is -0.936. The first kappa shape index (κ1) is 22.8. The second-order valence-corrected chi connectivity index (χ2v) is 11.8. The Balaban J connectivity index is 1.70. The lowest BCUT2D eigenvalue weighted by molar-refractivity contribution is 0.412. The van der Waals surface area contributed by atoms with Crippen molar-refractivity contribution in [2.45, 2.75) is 51.8 Å². The van der Waals surface area contributed by atoms with Gasteiger partial charge in [-0.1, -0.05) is 50.0 Å². The van der Waals surface area contributed by atoms with Crippen molar-refractivity contribution in [1.82, 2.24) is 9.29 Å². The third-order valence-corrected chi connectivity index (χ3v) is 7.57. The number of aromatic nitrogens is 1. The fraction of sp³-hybridized carbons (Fsp3) is 0.417. The molecule has 0 amide bonds. The molecule has 7 heteroatoms. The van der Waals surface area contributed by atoms with E-state index in [2.05, 4.69) is 48.4 Å². The number of fused-ring (bicyclic) bond motifs is 1. The summed E-state index contributed by atoms with van der Waals surface area (Å²) in [5.41, 5.74) is 3.97. The number of nitrogens with zero attached hydrogens (tertiary/aromatic N) is 1. The molecule has 3 nitrogen and oxygen atoms in total. The van der Waals surface area contributed by atoms with E-state index in [1.165, 1.54) is 17.7 Å². The summed E-state index contributed by atoms with van der Waals surface area (Å²) in [5.74, 6) is -0.449. The van der Waals surface area contributed by atoms with Crippen molar-refractivity contribution in [3.8, 4) is 11.1 Å². The van der Waals surface area contributed by atoms with Crippen molar-refractivity contribution in [2.75, 3.05) is 6.54 Å². The van der Waals surface area contributed by atoms with Crippen molar-refractivity contribution in [3.63, 3.8) is 0 Å². The summed E-state index contributed by atoms with van der Waals surface area (Å²) < 4.78 is 31.1. The highest BCUT2D eigenvalue weighted by atomic mass is 35.5. The van der Waals surface area contributed by atoms with Crippen LogP contribution in [0.1, 0.15) is 39.2 Å². The highest BCUT2D eigenvalue weighted by Gasteiger charge is 2.28. The van der Waals surface area contributed by atoms with Gasteiger partial charge in [-0.2, -0.15) is 0 Å². The molecule has 166 valence electrons. The first-order valence-corrected chi connectivity index (χ1v) is 12.5.